The Labute approximate surface area is 236 Å². The van der Waals surface area contributed by atoms with Crippen LogP contribution in [0.3, 0.4) is 0 Å². The lowest BCUT2D eigenvalue weighted by molar-refractivity contribution is -0.133. The Balaban J connectivity index is 1.25. The molecule has 210 valence electrons. The summed E-state index contributed by atoms with van der Waals surface area (Å²) in [6.07, 6.45) is 5.44. The molecule has 0 aliphatic carbocycles. The van der Waals surface area contributed by atoms with E-state index in [1.54, 1.807) is 19.5 Å². The number of fused-ring (bicyclic) bond motifs is 1. The Morgan fingerprint density at radius 3 is 2.40 bits per heavy atom. The number of likely N-dealkylation sites (N-methyl/N-ethyl adjacent to an activating group) is 1. The van der Waals surface area contributed by atoms with Crippen molar-refractivity contribution in [1.82, 2.24) is 29.7 Å². The monoisotopic (exact) mass is 540 g/mol. The molecule has 1 aliphatic rings. The summed E-state index contributed by atoms with van der Waals surface area (Å²) in [5, 5.41) is 1.30. The van der Waals surface area contributed by atoms with Gasteiger partial charge in [0.15, 0.2) is 0 Å². The molecular weight excluding hydrogens is 500 g/mol. The fraction of sp³-hybridized carbons (Fsp3) is 0.438. The minimum absolute atomic E-state index is 0.172. The van der Waals surface area contributed by atoms with Crippen molar-refractivity contribution < 1.29 is 9.53 Å². The van der Waals surface area contributed by atoms with Crippen LogP contribution in [0.15, 0.2) is 42.7 Å². The number of carbonyl (C=O) groups is 1. The number of carbonyl (C=O) groups excluding carboxylic acids is 1. The van der Waals surface area contributed by atoms with Gasteiger partial charge in [0.1, 0.15) is 0 Å². The van der Waals surface area contributed by atoms with E-state index in [1.165, 1.54) is 33.3 Å². The van der Waals surface area contributed by atoms with Gasteiger partial charge in [-0.15, -0.1) is 0 Å². The van der Waals surface area contributed by atoms with Crippen LogP contribution >= 0.6 is 0 Å². The molecule has 1 aromatic carbocycles. The topological polar surface area (TPSA) is 87.2 Å². The van der Waals surface area contributed by atoms with Gasteiger partial charge in [-0.1, -0.05) is 19.9 Å². The van der Waals surface area contributed by atoms with Gasteiger partial charge in [0, 0.05) is 65.4 Å². The second-order valence-electron chi connectivity index (χ2n) is 11.4. The molecule has 1 fully saturated rings. The Morgan fingerprint density at radius 2 is 1.77 bits per heavy atom. The molecule has 40 heavy (non-hydrogen) atoms. The number of amides is 1. The quantitative estimate of drug-likeness (QED) is 0.313. The number of pyridine rings is 1. The maximum atomic E-state index is 13.0. The molecule has 0 bridgehead atoms. The molecule has 1 aliphatic heterocycles. The zero-order chi connectivity index (χ0) is 28.4. The first-order valence-electron chi connectivity index (χ1n) is 14.1. The van der Waals surface area contributed by atoms with Crippen LogP contribution < -0.4 is 4.74 Å². The second-order valence-corrected chi connectivity index (χ2v) is 11.4. The van der Waals surface area contributed by atoms with Crippen LogP contribution in [0.25, 0.3) is 22.2 Å². The summed E-state index contributed by atoms with van der Waals surface area (Å²) in [7, 11) is 3.50. The van der Waals surface area contributed by atoms with Crippen LogP contribution in [0, 0.1) is 13.8 Å². The van der Waals surface area contributed by atoms with Gasteiger partial charge in [-0.25, -0.2) is 9.97 Å². The summed E-state index contributed by atoms with van der Waals surface area (Å²) in [6, 6.07) is 11.6. The number of benzene rings is 1. The number of piperidine rings is 1. The minimum atomic E-state index is 0.172. The van der Waals surface area contributed by atoms with E-state index in [-0.39, 0.29) is 5.91 Å². The third-order valence-corrected chi connectivity index (χ3v) is 7.85. The predicted octanol–water partition coefficient (Wildman–Crippen LogP) is 5.61. The summed E-state index contributed by atoms with van der Waals surface area (Å²) in [5.41, 5.74) is 9.31. The van der Waals surface area contributed by atoms with E-state index in [0.29, 0.717) is 30.9 Å². The highest BCUT2D eigenvalue weighted by molar-refractivity contribution is 5.92. The van der Waals surface area contributed by atoms with Crippen molar-refractivity contribution in [3.8, 4) is 17.3 Å². The molecule has 1 saturated heterocycles. The molecule has 1 N–H and O–H groups in total. The van der Waals surface area contributed by atoms with Crippen molar-refractivity contribution in [3.63, 3.8) is 0 Å². The fourth-order valence-electron chi connectivity index (χ4n) is 5.98. The standard InChI is InChI=1S/C32H40N6O2/c1-20(2)30-27-15-25(7-8-28(27)36-31(30)26-13-21(3)35-22(4)14-26)24-9-11-38(12-10-24)29(39)19-37(5)18-23-16-33-32(40-6)34-17-23/h7-8,13-17,20,24,36H,9-12,18-19H2,1-6H3. The van der Waals surface area contributed by atoms with Crippen molar-refractivity contribution in [2.24, 2.45) is 0 Å². The molecular formula is C32H40N6O2. The van der Waals surface area contributed by atoms with Crippen molar-refractivity contribution in [1.29, 1.82) is 0 Å². The molecule has 0 radical (unpaired) electrons. The van der Waals surface area contributed by atoms with Crippen molar-refractivity contribution in [2.75, 3.05) is 33.8 Å². The van der Waals surface area contributed by atoms with Gasteiger partial charge >= 0.3 is 6.01 Å². The maximum Gasteiger partial charge on any atom is 0.316 e. The number of nitrogens with zero attached hydrogens (tertiary/aromatic N) is 5. The van der Waals surface area contributed by atoms with E-state index in [4.69, 9.17) is 4.74 Å². The Kier molecular flexibility index (Phi) is 8.17. The molecule has 4 heterocycles. The highest BCUT2D eigenvalue weighted by atomic mass is 16.5. The molecule has 0 unspecified atom stereocenters. The summed E-state index contributed by atoms with van der Waals surface area (Å²) in [5.74, 6) is 1.01. The van der Waals surface area contributed by atoms with Crippen molar-refractivity contribution >= 4 is 16.8 Å². The fourth-order valence-corrected chi connectivity index (χ4v) is 5.98. The number of aromatic amines is 1. The number of aromatic nitrogens is 4. The first kappa shape index (κ1) is 27.8. The van der Waals surface area contributed by atoms with E-state index >= 15 is 0 Å². The highest BCUT2D eigenvalue weighted by Gasteiger charge is 2.26. The normalized spacial score (nSPS) is 14.4. The smallest absolute Gasteiger partial charge is 0.316 e. The summed E-state index contributed by atoms with van der Waals surface area (Å²) in [6.45, 7) is 11.2. The molecule has 1 amide bonds. The third-order valence-electron chi connectivity index (χ3n) is 7.85. The van der Waals surface area contributed by atoms with Crippen LogP contribution in [0.1, 0.15) is 66.6 Å². The molecule has 5 rings (SSSR count). The summed E-state index contributed by atoms with van der Waals surface area (Å²) < 4.78 is 5.02. The summed E-state index contributed by atoms with van der Waals surface area (Å²) in [4.78, 5) is 33.7. The van der Waals surface area contributed by atoms with Gasteiger partial charge in [-0.05, 0) is 81.0 Å². The molecule has 0 saturated carbocycles. The van der Waals surface area contributed by atoms with Crippen LogP contribution in [-0.2, 0) is 11.3 Å². The number of methoxy groups -OCH3 is 1. The number of ether oxygens (including phenoxy) is 1. The lowest BCUT2D eigenvalue weighted by atomic mass is 9.87. The van der Waals surface area contributed by atoms with Gasteiger partial charge in [0.05, 0.1) is 19.3 Å². The molecule has 0 spiro atoms. The Bertz CT molecular complexity index is 1470. The van der Waals surface area contributed by atoms with Crippen molar-refractivity contribution in [3.05, 3.63) is 70.8 Å². The number of H-pyrrole nitrogens is 1. The number of aryl methyl sites for hydroxylation is 2. The minimum Gasteiger partial charge on any atom is -0.467 e. The average molecular weight is 541 g/mol. The lowest BCUT2D eigenvalue weighted by Gasteiger charge is -2.33. The number of hydrogen-bond donors (Lipinski definition) is 1. The SMILES string of the molecule is COc1ncc(CN(C)CC(=O)N2CCC(c3ccc4[nH]c(-c5cc(C)nc(C)c5)c(C(C)C)c4c3)CC2)cn1. The zero-order valence-electron chi connectivity index (χ0n) is 24.5. The van der Waals surface area contributed by atoms with Crippen molar-refractivity contribution in [2.45, 2.75) is 58.9 Å². The van der Waals surface area contributed by atoms with E-state index in [9.17, 15) is 4.79 Å². The van der Waals surface area contributed by atoms with Gasteiger partial charge in [0.2, 0.25) is 5.91 Å². The average Bonchev–Trinajstić information content (AvgIpc) is 3.32. The largest absolute Gasteiger partial charge is 0.467 e. The van der Waals surface area contributed by atoms with E-state index < -0.39 is 0 Å². The zero-order valence-corrected chi connectivity index (χ0v) is 24.5. The predicted molar refractivity (Wildman–Crippen MR) is 159 cm³/mol. The van der Waals surface area contributed by atoms with Gasteiger partial charge < -0.3 is 14.6 Å². The van der Waals surface area contributed by atoms with Gasteiger partial charge in [-0.2, -0.15) is 0 Å². The Hall–Kier alpha value is -3.78. The molecule has 4 aromatic rings. The Morgan fingerprint density at radius 1 is 1.10 bits per heavy atom. The first-order chi connectivity index (χ1) is 19.2. The third kappa shape index (κ3) is 6.02. The van der Waals surface area contributed by atoms with Crippen LogP contribution in [0.4, 0.5) is 0 Å². The maximum absolute atomic E-state index is 13.0. The first-order valence-corrected chi connectivity index (χ1v) is 14.1. The van der Waals surface area contributed by atoms with E-state index in [1.807, 2.05) is 16.8 Å². The van der Waals surface area contributed by atoms with Crippen LogP contribution in [-0.4, -0.2) is 69.4 Å². The second kappa shape index (κ2) is 11.8. The molecule has 8 heteroatoms. The lowest BCUT2D eigenvalue weighted by Crippen LogP contribution is -2.42. The molecule has 8 nitrogen and oxygen atoms in total. The van der Waals surface area contributed by atoms with E-state index in [2.05, 4.69) is 78.0 Å². The van der Waals surface area contributed by atoms with Gasteiger partial charge in [0.25, 0.3) is 0 Å². The van der Waals surface area contributed by atoms with Gasteiger partial charge in [-0.3, -0.25) is 14.7 Å². The number of nitrogens with one attached hydrogen (secondary N) is 1. The van der Waals surface area contributed by atoms with Crippen LogP contribution in [0.2, 0.25) is 0 Å². The number of rotatable bonds is 8. The molecule has 0 atom stereocenters. The van der Waals surface area contributed by atoms with E-state index in [0.717, 1.165) is 42.9 Å². The number of hydrogen-bond acceptors (Lipinski definition) is 6. The van der Waals surface area contributed by atoms with Crippen LogP contribution in [0.5, 0.6) is 6.01 Å². The highest BCUT2D eigenvalue weighted by Crippen LogP contribution is 2.38. The summed E-state index contributed by atoms with van der Waals surface area (Å²) >= 11 is 0. The molecule has 3 aromatic heterocycles. The number of likely N-dealkylation sites (tertiary alicyclic amines) is 1.